The van der Waals surface area contributed by atoms with Gasteiger partial charge in [-0.15, -0.1) is 0 Å². The fourth-order valence-electron chi connectivity index (χ4n) is 3.12. The Kier molecular flexibility index (Phi) is 4.34. The molecule has 7 heteroatoms. The van der Waals surface area contributed by atoms with Crippen molar-refractivity contribution < 1.29 is 22.7 Å². The molecule has 0 amide bonds. The van der Waals surface area contributed by atoms with Gasteiger partial charge < -0.3 is 4.74 Å². The van der Waals surface area contributed by atoms with Crippen LogP contribution in [0.2, 0.25) is 0 Å². The van der Waals surface area contributed by atoms with E-state index in [1.165, 1.54) is 11.8 Å². The van der Waals surface area contributed by atoms with E-state index < -0.39 is 17.8 Å². The molecule has 2 aromatic rings. The highest BCUT2D eigenvalue weighted by Gasteiger charge is 2.39. The summed E-state index contributed by atoms with van der Waals surface area (Å²) in [5.41, 5.74) is 1.27. The highest BCUT2D eigenvalue weighted by molar-refractivity contribution is 5.89. The maximum atomic E-state index is 13.2. The number of aromatic nitrogens is 2. The van der Waals surface area contributed by atoms with Crippen LogP contribution in [0.1, 0.15) is 45.7 Å². The van der Waals surface area contributed by atoms with Crippen molar-refractivity contribution in [3.05, 3.63) is 52.3 Å². The zero-order valence-corrected chi connectivity index (χ0v) is 13.2. The Balaban J connectivity index is 1.96. The van der Waals surface area contributed by atoms with Crippen LogP contribution in [-0.2, 0) is 30.3 Å². The van der Waals surface area contributed by atoms with Crippen LogP contribution in [0, 0.1) is 0 Å². The lowest BCUT2D eigenvalue weighted by Crippen LogP contribution is -2.11. The molecule has 3 rings (SSSR count). The average Bonchev–Trinajstić information content (AvgIpc) is 2.93. The van der Waals surface area contributed by atoms with Crippen molar-refractivity contribution in [3.63, 3.8) is 0 Å². The van der Waals surface area contributed by atoms with Gasteiger partial charge in [0.2, 0.25) is 0 Å². The van der Waals surface area contributed by atoms with Gasteiger partial charge in [0, 0.05) is 11.3 Å². The molecule has 0 unspecified atom stereocenters. The zero-order valence-electron chi connectivity index (χ0n) is 13.2. The van der Waals surface area contributed by atoms with E-state index in [0.29, 0.717) is 35.2 Å². The molecule has 0 aliphatic heterocycles. The Morgan fingerprint density at radius 3 is 2.75 bits per heavy atom. The Morgan fingerprint density at radius 2 is 2.04 bits per heavy atom. The first-order chi connectivity index (χ1) is 11.4. The molecule has 1 aliphatic carbocycles. The third-order valence-corrected chi connectivity index (χ3v) is 4.21. The van der Waals surface area contributed by atoms with E-state index in [0.717, 1.165) is 12.8 Å². The standard InChI is InChI=1S/C17H17F3N2O2/c1-24-16(23)12-6-4-5-11(9-12)10-22-14-8-3-2-7-13(14)15(21-22)17(18,19)20/h4-6,9H,2-3,7-8,10H2,1H3. The van der Waals surface area contributed by atoms with E-state index in [1.807, 2.05) is 0 Å². The van der Waals surface area contributed by atoms with Crippen molar-refractivity contribution in [2.75, 3.05) is 7.11 Å². The molecular weight excluding hydrogens is 321 g/mol. The summed E-state index contributed by atoms with van der Waals surface area (Å²) in [7, 11) is 1.29. The molecule has 0 bridgehead atoms. The van der Waals surface area contributed by atoms with Crippen LogP contribution in [0.15, 0.2) is 24.3 Å². The second kappa shape index (κ2) is 6.30. The summed E-state index contributed by atoms with van der Waals surface area (Å²) in [4.78, 5) is 11.6. The van der Waals surface area contributed by atoms with E-state index >= 15 is 0 Å². The van der Waals surface area contributed by atoms with E-state index in [4.69, 9.17) is 0 Å². The Bertz CT molecular complexity index is 766. The van der Waals surface area contributed by atoms with Crippen LogP contribution in [0.4, 0.5) is 13.2 Å². The number of hydrogen-bond acceptors (Lipinski definition) is 3. The lowest BCUT2D eigenvalue weighted by Gasteiger charge is -2.15. The fourth-order valence-corrected chi connectivity index (χ4v) is 3.12. The number of nitrogens with zero attached hydrogens (tertiary/aromatic N) is 2. The summed E-state index contributed by atoms with van der Waals surface area (Å²) in [5, 5.41) is 3.83. The molecule has 1 aliphatic rings. The summed E-state index contributed by atoms with van der Waals surface area (Å²) < 4.78 is 45.7. The quantitative estimate of drug-likeness (QED) is 0.803. The molecule has 0 saturated heterocycles. The minimum atomic E-state index is -4.44. The van der Waals surface area contributed by atoms with Gasteiger partial charge in [-0.2, -0.15) is 18.3 Å². The first kappa shape index (κ1) is 16.5. The van der Waals surface area contributed by atoms with Crippen LogP contribution in [0.25, 0.3) is 0 Å². The molecular formula is C17H17F3N2O2. The molecule has 24 heavy (non-hydrogen) atoms. The molecule has 128 valence electrons. The molecule has 0 atom stereocenters. The minimum Gasteiger partial charge on any atom is -0.465 e. The zero-order chi connectivity index (χ0) is 17.3. The summed E-state index contributed by atoms with van der Waals surface area (Å²) in [6, 6.07) is 6.67. The number of esters is 1. The highest BCUT2D eigenvalue weighted by atomic mass is 19.4. The van der Waals surface area contributed by atoms with Gasteiger partial charge in [0.25, 0.3) is 0 Å². The van der Waals surface area contributed by atoms with E-state index in [9.17, 15) is 18.0 Å². The minimum absolute atomic E-state index is 0.198. The average molecular weight is 338 g/mol. The summed E-state index contributed by atoms with van der Waals surface area (Å²) >= 11 is 0. The van der Waals surface area contributed by atoms with Gasteiger partial charge in [-0.1, -0.05) is 12.1 Å². The first-order valence-electron chi connectivity index (χ1n) is 7.73. The van der Waals surface area contributed by atoms with E-state index in [-0.39, 0.29) is 6.54 Å². The third-order valence-electron chi connectivity index (χ3n) is 4.21. The van der Waals surface area contributed by atoms with Crippen molar-refractivity contribution in [1.82, 2.24) is 9.78 Å². The molecule has 0 radical (unpaired) electrons. The van der Waals surface area contributed by atoms with Gasteiger partial charge in [0.05, 0.1) is 19.2 Å². The Labute approximate surface area is 137 Å². The van der Waals surface area contributed by atoms with Crippen LogP contribution in [-0.4, -0.2) is 22.9 Å². The van der Waals surface area contributed by atoms with Gasteiger partial charge in [-0.3, -0.25) is 4.68 Å². The molecule has 1 heterocycles. The molecule has 4 nitrogen and oxygen atoms in total. The Morgan fingerprint density at radius 1 is 1.29 bits per heavy atom. The van der Waals surface area contributed by atoms with Gasteiger partial charge >= 0.3 is 12.1 Å². The number of benzene rings is 1. The summed E-state index contributed by atoms with van der Waals surface area (Å²) in [6.45, 7) is 0.198. The van der Waals surface area contributed by atoms with Crippen LogP contribution in [0.5, 0.6) is 0 Å². The van der Waals surface area contributed by atoms with Gasteiger partial charge in [0.1, 0.15) is 0 Å². The van der Waals surface area contributed by atoms with Crippen molar-refractivity contribution >= 4 is 5.97 Å². The number of ether oxygens (including phenoxy) is 1. The number of carbonyl (C=O) groups excluding carboxylic acids is 1. The third kappa shape index (κ3) is 3.16. The van der Waals surface area contributed by atoms with Gasteiger partial charge in [-0.25, -0.2) is 4.79 Å². The predicted octanol–water partition coefficient (Wildman–Crippen LogP) is 3.62. The monoisotopic (exact) mass is 338 g/mol. The number of alkyl halides is 3. The SMILES string of the molecule is COC(=O)c1cccc(Cn2nc(C(F)(F)F)c3c2CCCC3)c1. The first-order valence-corrected chi connectivity index (χ1v) is 7.73. The van der Waals surface area contributed by atoms with E-state index in [1.54, 1.807) is 24.3 Å². The Hall–Kier alpha value is -2.31. The molecule has 0 fully saturated rings. The van der Waals surface area contributed by atoms with Gasteiger partial charge in [-0.05, 0) is 43.4 Å². The molecule has 1 aromatic heterocycles. The van der Waals surface area contributed by atoms with Crippen LogP contribution < -0.4 is 0 Å². The summed E-state index contributed by atoms with van der Waals surface area (Å²) in [5.74, 6) is -0.477. The number of carbonyl (C=O) groups is 1. The van der Waals surface area contributed by atoms with Crippen LogP contribution in [0.3, 0.4) is 0 Å². The van der Waals surface area contributed by atoms with Crippen molar-refractivity contribution in [2.45, 2.75) is 38.4 Å². The number of fused-ring (bicyclic) bond motifs is 1. The maximum absolute atomic E-state index is 13.2. The lowest BCUT2D eigenvalue weighted by molar-refractivity contribution is -0.142. The normalized spacial score (nSPS) is 14.3. The largest absolute Gasteiger partial charge is 0.465 e. The molecule has 0 spiro atoms. The topological polar surface area (TPSA) is 44.1 Å². The van der Waals surface area contributed by atoms with Crippen molar-refractivity contribution in [2.24, 2.45) is 0 Å². The second-order valence-electron chi connectivity index (χ2n) is 5.83. The van der Waals surface area contributed by atoms with Crippen LogP contribution >= 0.6 is 0 Å². The van der Waals surface area contributed by atoms with Crippen molar-refractivity contribution in [1.29, 1.82) is 0 Å². The fraction of sp³-hybridized carbons (Fsp3) is 0.412. The summed E-state index contributed by atoms with van der Waals surface area (Å²) in [6.07, 6.45) is -1.83. The number of rotatable bonds is 3. The number of methoxy groups -OCH3 is 1. The molecule has 0 saturated carbocycles. The van der Waals surface area contributed by atoms with Gasteiger partial charge in [0.15, 0.2) is 5.69 Å². The smallest absolute Gasteiger partial charge is 0.435 e. The second-order valence-corrected chi connectivity index (χ2v) is 5.83. The predicted molar refractivity (Wildman–Crippen MR) is 80.8 cm³/mol. The molecule has 1 aromatic carbocycles. The highest BCUT2D eigenvalue weighted by Crippen LogP contribution is 2.36. The lowest BCUT2D eigenvalue weighted by atomic mass is 9.95. The van der Waals surface area contributed by atoms with E-state index in [2.05, 4.69) is 9.84 Å². The van der Waals surface area contributed by atoms with Crippen molar-refractivity contribution in [3.8, 4) is 0 Å². The maximum Gasteiger partial charge on any atom is 0.435 e. The number of halogens is 3. The number of hydrogen-bond donors (Lipinski definition) is 0. The molecule has 0 N–H and O–H groups in total.